The smallest absolute Gasteiger partial charge is 0.299 e. The minimum Gasteiger partial charge on any atom is -0.493 e. The average Bonchev–Trinajstić information content (AvgIpc) is 2.80. The van der Waals surface area contributed by atoms with Gasteiger partial charge in [0, 0.05) is 9.86 Å². The van der Waals surface area contributed by atoms with E-state index in [4.69, 9.17) is 0 Å². The second kappa shape index (κ2) is 5.74. The van der Waals surface area contributed by atoms with Crippen molar-refractivity contribution < 1.29 is 17.9 Å². The second-order valence-electron chi connectivity index (χ2n) is 4.62. The minimum absolute atomic E-state index is 0.0326. The highest BCUT2D eigenvalue weighted by molar-refractivity contribution is 9.10. The van der Waals surface area contributed by atoms with E-state index in [0.29, 0.717) is 5.39 Å². The molecule has 0 radical (unpaired) electrons. The highest BCUT2D eigenvalue weighted by Crippen LogP contribution is 2.36. The van der Waals surface area contributed by atoms with Crippen molar-refractivity contribution in [3.05, 3.63) is 52.8 Å². The van der Waals surface area contributed by atoms with E-state index in [9.17, 15) is 17.9 Å². The van der Waals surface area contributed by atoms with Crippen molar-refractivity contribution in [2.45, 2.75) is 4.90 Å². The third-order valence-electron chi connectivity index (χ3n) is 3.07. The van der Waals surface area contributed by atoms with Gasteiger partial charge in [-0.05, 0) is 42.5 Å². The lowest BCUT2D eigenvalue weighted by Crippen LogP contribution is -1.94. The van der Waals surface area contributed by atoms with E-state index < -0.39 is 15.8 Å². The molecule has 0 fully saturated rings. The Hall–Kier alpha value is -2.26. The van der Waals surface area contributed by atoms with Gasteiger partial charge in [0.15, 0.2) is 5.69 Å². The molecule has 2 N–H and O–H groups in total. The monoisotopic (exact) mass is 397 g/mol. The maximum Gasteiger partial charge on any atom is 0.299 e. The Balaban J connectivity index is 2.02. The molecule has 0 atom stereocenters. The molecule has 3 rings (SSSR count). The number of nitrogens with one attached hydrogen (secondary N) is 1. The van der Waals surface area contributed by atoms with Gasteiger partial charge in [-0.1, -0.05) is 20.4 Å². The van der Waals surface area contributed by atoms with Crippen LogP contribution in [0.5, 0.6) is 5.88 Å². The van der Waals surface area contributed by atoms with Gasteiger partial charge in [-0.15, -0.1) is 5.11 Å². The normalized spacial score (nSPS) is 12.3. The lowest BCUT2D eigenvalue weighted by Gasteiger charge is -1.97. The molecule has 0 amide bonds. The number of fused-ring (bicyclic) bond motifs is 1. The Morgan fingerprint density at radius 1 is 1.13 bits per heavy atom. The molecular weight excluding hydrogens is 389 g/mol. The molecule has 0 unspecified atom stereocenters. The maximum atomic E-state index is 13.2. The summed E-state index contributed by atoms with van der Waals surface area (Å²) in [5.74, 6) is -0.884. The van der Waals surface area contributed by atoms with Crippen LogP contribution in [0.2, 0.25) is 0 Å². The number of H-pyrrole nitrogens is 1. The van der Waals surface area contributed by atoms with Crippen LogP contribution in [0.4, 0.5) is 10.1 Å². The summed E-state index contributed by atoms with van der Waals surface area (Å²) >= 11 is 3.21. The summed E-state index contributed by atoms with van der Waals surface area (Å²) in [5.41, 5.74) is 0.221. The van der Waals surface area contributed by atoms with Gasteiger partial charge < -0.3 is 10.1 Å². The molecule has 1 heterocycles. The number of aromatic hydroxyl groups is 1. The number of hydrogen-bond donors (Lipinski definition) is 2. The van der Waals surface area contributed by atoms with Crippen molar-refractivity contribution in [3.63, 3.8) is 0 Å². The van der Waals surface area contributed by atoms with E-state index in [2.05, 4.69) is 30.5 Å². The fraction of sp³-hybridized carbons (Fsp3) is 0. The first-order chi connectivity index (χ1) is 10.9. The first kappa shape index (κ1) is 15.6. The van der Waals surface area contributed by atoms with Crippen molar-refractivity contribution in [3.8, 4) is 5.88 Å². The number of rotatable bonds is 3. The fourth-order valence-electron chi connectivity index (χ4n) is 1.99. The SMILES string of the molecule is O=S(=O)(N=Nc1c(O)[nH]c2cc(F)ccc12)c1ccc(Br)cc1. The Kier molecular flexibility index (Phi) is 3.90. The lowest BCUT2D eigenvalue weighted by atomic mass is 10.2. The Labute approximate surface area is 138 Å². The number of aromatic amines is 1. The summed E-state index contributed by atoms with van der Waals surface area (Å²) in [6, 6.07) is 9.60. The summed E-state index contributed by atoms with van der Waals surface area (Å²) in [7, 11) is -4.01. The van der Waals surface area contributed by atoms with Crippen LogP contribution in [-0.2, 0) is 10.0 Å². The molecule has 118 valence electrons. The molecule has 23 heavy (non-hydrogen) atoms. The van der Waals surface area contributed by atoms with E-state index in [1.165, 1.54) is 24.3 Å². The molecule has 2 aromatic carbocycles. The first-order valence-electron chi connectivity index (χ1n) is 6.30. The van der Waals surface area contributed by atoms with Crippen molar-refractivity contribution >= 4 is 42.5 Å². The standard InChI is InChI=1S/C14H9BrFN3O3S/c15-8-1-4-10(5-2-8)23(21,22)19-18-13-11-6-3-9(16)7-12(11)17-14(13)20/h1-7,17,20H. The van der Waals surface area contributed by atoms with Gasteiger partial charge in [-0.2, -0.15) is 8.42 Å². The van der Waals surface area contributed by atoms with Gasteiger partial charge in [-0.25, -0.2) is 4.39 Å². The van der Waals surface area contributed by atoms with Crippen molar-refractivity contribution in [1.29, 1.82) is 0 Å². The van der Waals surface area contributed by atoms with Crippen LogP contribution >= 0.6 is 15.9 Å². The van der Waals surface area contributed by atoms with Crippen molar-refractivity contribution in [2.75, 3.05) is 0 Å². The lowest BCUT2D eigenvalue weighted by molar-refractivity contribution is 0.459. The summed E-state index contributed by atoms with van der Waals surface area (Å²) < 4.78 is 41.4. The Morgan fingerprint density at radius 2 is 1.83 bits per heavy atom. The number of benzene rings is 2. The first-order valence-corrected chi connectivity index (χ1v) is 8.54. The van der Waals surface area contributed by atoms with Crippen LogP contribution in [0, 0.1) is 5.82 Å². The quantitative estimate of drug-likeness (QED) is 0.646. The minimum atomic E-state index is -4.01. The topological polar surface area (TPSA) is 94.9 Å². The molecule has 3 aromatic rings. The van der Waals surface area contributed by atoms with E-state index in [1.807, 2.05) is 0 Å². The summed E-state index contributed by atoms with van der Waals surface area (Å²) in [6.07, 6.45) is 0. The summed E-state index contributed by atoms with van der Waals surface area (Å²) in [6.45, 7) is 0. The zero-order valence-corrected chi connectivity index (χ0v) is 13.8. The average molecular weight is 398 g/mol. The van der Waals surface area contributed by atoms with E-state index in [0.717, 1.165) is 10.5 Å². The molecule has 6 nitrogen and oxygen atoms in total. The zero-order chi connectivity index (χ0) is 16.6. The predicted molar refractivity (Wildman–Crippen MR) is 85.8 cm³/mol. The molecule has 0 saturated carbocycles. The predicted octanol–water partition coefficient (Wildman–Crippen LogP) is 4.25. The number of hydrogen-bond acceptors (Lipinski definition) is 4. The second-order valence-corrected chi connectivity index (χ2v) is 7.12. The highest BCUT2D eigenvalue weighted by Gasteiger charge is 2.15. The van der Waals surface area contributed by atoms with Gasteiger partial charge in [0.25, 0.3) is 10.0 Å². The van der Waals surface area contributed by atoms with Crippen LogP contribution in [0.3, 0.4) is 0 Å². The third kappa shape index (κ3) is 3.10. The van der Waals surface area contributed by atoms with E-state index in [1.54, 1.807) is 12.1 Å². The molecule has 0 bridgehead atoms. The molecule has 0 aliphatic rings. The van der Waals surface area contributed by atoms with Crippen LogP contribution in [0.15, 0.2) is 61.5 Å². The molecule has 0 saturated heterocycles. The van der Waals surface area contributed by atoms with Crippen LogP contribution in [0.1, 0.15) is 0 Å². The van der Waals surface area contributed by atoms with Crippen LogP contribution < -0.4 is 0 Å². The van der Waals surface area contributed by atoms with Crippen LogP contribution in [-0.4, -0.2) is 18.5 Å². The molecule has 0 aliphatic carbocycles. The molecule has 0 spiro atoms. The highest BCUT2D eigenvalue weighted by atomic mass is 79.9. The number of aromatic nitrogens is 1. The summed E-state index contributed by atoms with van der Waals surface area (Å²) in [5, 5.41) is 13.8. The van der Waals surface area contributed by atoms with Gasteiger partial charge in [0.05, 0.1) is 10.4 Å². The van der Waals surface area contributed by atoms with Gasteiger partial charge >= 0.3 is 0 Å². The number of halogens is 2. The fourth-order valence-corrected chi connectivity index (χ4v) is 3.02. The third-order valence-corrected chi connectivity index (χ3v) is 4.77. The van der Waals surface area contributed by atoms with E-state index >= 15 is 0 Å². The van der Waals surface area contributed by atoms with Gasteiger partial charge in [0.1, 0.15) is 5.82 Å². The largest absolute Gasteiger partial charge is 0.493 e. The number of nitrogens with zero attached hydrogens (tertiary/aromatic N) is 2. The molecule has 9 heteroatoms. The van der Waals surface area contributed by atoms with Gasteiger partial charge in [-0.3, -0.25) is 0 Å². The molecular formula is C14H9BrFN3O3S. The Morgan fingerprint density at radius 3 is 2.52 bits per heavy atom. The van der Waals surface area contributed by atoms with E-state index in [-0.39, 0.29) is 22.0 Å². The maximum absolute atomic E-state index is 13.2. The van der Waals surface area contributed by atoms with Crippen molar-refractivity contribution in [1.82, 2.24) is 4.98 Å². The Bertz CT molecular complexity index is 1010. The van der Waals surface area contributed by atoms with Crippen LogP contribution in [0.25, 0.3) is 10.9 Å². The summed E-state index contributed by atoms with van der Waals surface area (Å²) in [4.78, 5) is 2.48. The number of sulfonamides is 1. The molecule has 0 aliphatic heterocycles. The molecule has 1 aromatic heterocycles. The van der Waals surface area contributed by atoms with Crippen molar-refractivity contribution in [2.24, 2.45) is 9.63 Å². The van der Waals surface area contributed by atoms with Gasteiger partial charge in [0.2, 0.25) is 5.88 Å². The zero-order valence-electron chi connectivity index (χ0n) is 11.4.